The van der Waals surface area contributed by atoms with Crippen LogP contribution in [0.2, 0.25) is 0 Å². The Morgan fingerprint density at radius 1 is 1.03 bits per heavy atom. The number of amides is 1. The molecule has 1 heterocycles. The van der Waals surface area contributed by atoms with E-state index in [0.717, 1.165) is 5.56 Å². The predicted octanol–water partition coefficient (Wildman–Crippen LogP) is 3.04. The number of nitrogens with one attached hydrogen (secondary N) is 2. The van der Waals surface area contributed by atoms with Gasteiger partial charge in [-0.15, -0.1) is 0 Å². The number of anilines is 1. The maximum absolute atomic E-state index is 12.8. The Kier molecular flexibility index (Phi) is 5.86. The third kappa shape index (κ3) is 4.72. The quantitative estimate of drug-likeness (QED) is 0.603. The van der Waals surface area contributed by atoms with Crippen molar-refractivity contribution in [2.75, 3.05) is 5.32 Å². The normalized spacial score (nSPS) is 12.8. The van der Waals surface area contributed by atoms with Gasteiger partial charge in [0, 0.05) is 5.39 Å². The molecule has 0 aliphatic rings. The number of hydrogen-bond donors (Lipinski definition) is 2. The van der Waals surface area contributed by atoms with Crippen LogP contribution in [0.4, 0.5) is 5.69 Å². The molecule has 1 amide bonds. The Morgan fingerprint density at radius 2 is 1.69 bits per heavy atom. The first-order valence-corrected chi connectivity index (χ1v) is 10.6. The predicted molar refractivity (Wildman–Crippen MR) is 111 cm³/mol. The van der Waals surface area contributed by atoms with Gasteiger partial charge in [-0.2, -0.15) is 4.72 Å². The van der Waals surface area contributed by atoms with Crippen molar-refractivity contribution in [1.82, 2.24) is 4.72 Å². The molecule has 8 heteroatoms. The largest absolute Gasteiger partial charge is 0.421 e. The molecule has 1 aromatic heterocycles. The number of fused-ring (bicyclic) bond motifs is 1. The van der Waals surface area contributed by atoms with Crippen LogP contribution < -0.4 is 15.7 Å². The van der Waals surface area contributed by atoms with Gasteiger partial charge in [0.25, 0.3) is 0 Å². The number of rotatable bonds is 6. The van der Waals surface area contributed by atoms with Gasteiger partial charge in [-0.3, -0.25) is 4.79 Å². The molecule has 0 spiro atoms. The zero-order valence-electron chi connectivity index (χ0n) is 16.3. The molecule has 0 saturated carbocycles. The summed E-state index contributed by atoms with van der Waals surface area (Å²) >= 11 is 0. The van der Waals surface area contributed by atoms with Gasteiger partial charge in [0.15, 0.2) is 0 Å². The lowest BCUT2D eigenvalue weighted by molar-refractivity contribution is -0.118. The van der Waals surface area contributed by atoms with Gasteiger partial charge >= 0.3 is 5.63 Å². The first-order valence-electron chi connectivity index (χ1n) is 9.10. The van der Waals surface area contributed by atoms with E-state index >= 15 is 0 Å². The molecule has 1 atom stereocenters. The molecule has 3 rings (SSSR count). The van der Waals surface area contributed by atoms with Crippen LogP contribution in [0, 0.1) is 12.8 Å². The zero-order chi connectivity index (χ0) is 21.2. The van der Waals surface area contributed by atoms with Gasteiger partial charge < -0.3 is 9.73 Å². The Balaban J connectivity index is 1.86. The highest BCUT2D eigenvalue weighted by Gasteiger charge is 2.29. The molecule has 0 aliphatic heterocycles. The van der Waals surface area contributed by atoms with E-state index in [1.807, 2.05) is 6.92 Å². The van der Waals surface area contributed by atoms with E-state index in [9.17, 15) is 18.0 Å². The SMILES string of the molecule is Cc1ccc(S(=O)(=O)NC(C(=O)Nc2cc3ccccc3oc2=O)C(C)C)cc1. The van der Waals surface area contributed by atoms with Crippen molar-refractivity contribution in [2.24, 2.45) is 5.92 Å². The maximum Gasteiger partial charge on any atom is 0.360 e. The van der Waals surface area contributed by atoms with E-state index in [-0.39, 0.29) is 16.5 Å². The van der Waals surface area contributed by atoms with Crippen molar-refractivity contribution < 1.29 is 17.6 Å². The van der Waals surface area contributed by atoms with Crippen LogP contribution in [0.15, 0.2) is 68.7 Å². The zero-order valence-corrected chi connectivity index (χ0v) is 17.1. The third-order valence-corrected chi connectivity index (χ3v) is 5.92. The summed E-state index contributed by atoms with van der Waals surface area (Å²) in [7, 11) is -3.92. The average molecular weight is 414 g/mol. The summed E-state index contributed by atoms with van der Waals surface area (Å²) in [5.41, 5.74) is 0.566. The van der Waals surface area contributed by atoms with Crippen LogP contribution in [0.5, 0.6) is 0 Å². The summed E-state index contributed by atoms with van der Waals surface area (Å²) < 4.78 is 33.0. The molecule has 29 heavy (non-hydrogen) atoms. The molecule has 0 saturated heterocycles. The first kappa shape index (κ1) is 20.8. The van der Waals surface area contributed by atoms with Crippen molar-refractivity contribution >= 4 is 32.6 Å². The second-order valence-corrected chi connectivity index (χ2v) is 8.84. The van der Waals surface area contributed by atoms with Crippen LogP contribution in [0.1, 0.15) is 19.4 Å². The molecule has 0 aliphatic carbocycles. The third-order valence-electron chi connectivity index (χ3n) is 4.46. The number of sulfonamides is 1. The highest BCUT2D eigenvalue weighted by molar-refractivity contribution is 7.89. The highest BCUT2D eigenvalue weighted by Crippen LogP contribution is 2.17. The summed E-state index contributed by atoms with van der Waals surface area (Å²) in [5.74, 6) is -0.999. The first-order chi connectivity index (χ1) is 13.7. The minimum Gasteiger partial charge on any atom is -0.421 e. The fourth-order valence-corrected chi connectivity index (χ4v) is 4.15. The second-order valence-electron chi connectivity index (χ2n) is 7.13. The lowest BCUT2D eigenvalue weighted by Crippen LogP contribution is -2.47. The monoisotopic (exact) mass is 414 g/mol. The van der Waals surface area contributed by atoms with Crippen molar-refractivity contribution in [1.29, 1.82) is 0 Å². The number of hydrogen-bond acceptors (Lipinski definition) is 5. The van der Waals surface area contributed by atoms with Crippen LogP contribution in [0.3, 0.4) is 0 Å². The van der Waals surface area contributed by atoms with E-state index in [4.69, 9.17) is 4.42 Å². The molecule has 1 unspecified atom stereocenters. The number of para-hydroxylation sites is 1. The van der Waals surface area contributed by atoms with E-state index in [1.165, 1.54) is 18.2 Å². The van der Waals surface area contributed by atoms with Crippen molar-refractivity contribution in [3.05, 3.63) is 70.6 Å². The van der Waals surface area contributed by atoms with E-state index in [2.05, 4.69) is 10.0 Å². The Labute approximate surface area is 168 Å². The van der Waals surface area contributed by atoms with Gasteiger partial charge in [-0.1, -0.05) is 49.7 Å². The summed E-state index contributed by atoms with van der Waals surface area (Å²) in [6, 6.07) is 13.6. The van der Waals surface area contributed by atoms with E-state index in [1.54, 1.807) is 50.2 Å². The lowest BCUT2D eigenvalue weighted by atomic mass is 10.0. The summed E-state index contributed by atoms with van der Waals surface area (Å²) in [6.07, 6.45) is 0. The highest BCUT2D eigenvalue weighted by atomic mass is 32.2. The van der Waals surface area contributed by atoms with Gasteiger partial charge in [0.2, 0.25) is 15.9 Å². The van der Waals surface area contributed by atoms with Crippen molar-refractivity contribution in [2.45, 2.75) is 31.7 Å². The minimum atomic E-state index is -3.92. The molecule has 152 valence electrons. The molecule has 2 N–H and O–H groups in total. The second kappa shape index (κ2) is 8.18. The molecular weight excluding hydrogens is 392 g/mol. The fraction of sp³-hybridized carbons (Fsp3) is 0.238. The molecule has 0 fully saturated rings. The molecule has 0 bridgehead atoms. The average Bonchev–Trinajstić information content (AvgIpc) is 2.67. The van der Waals surface area contributed by atoms with Gasteiger partial charge in [0.05, 0.1) is 4.90 Å². The number of aryl methyl sites for hydroxylation is 1. The standard InChI is InChI=1S/C21H22N2O5S/c1-13(2)19(23-29(26,27)16-10-8-14(3)9-11-16)20(24)22-17-12-15-6-4-5-7-18(15)28-21(17)25/h4-13,19,23H,1-3H3,(H,22,24). The van der Waals surface area contributed by atoms with Gasteiger partial charge in [-0.05, 0) is 37.1 Å². The minimum absolute atomic E-state index is 0.0473. The summed E-state index contributed by atoms with van der Waals surface area (Å²) in [5, 5.41) is 3.14. The molecule has 2 aromatic carbocycles. The smallest absolute Gasteiger partial charge is 0.360 e. The Morgan fingerprint density at radius 3 is 2.34 bits per heavy atom. The van der Waals surface area contributed by atoms with Crippen LogP contribution in [-0.2, 0) is 14.8 Å². The van der Waals surface area contributed by atoms with Gasteiger partial charge in [0.1, 0.15) is 17.3 Å². The molecule has 3 aromatic rings. The number of carbonyl (C=O) groups is 1. The molecule has 0 radical (unpaired) electrons. The Bertz CT molecular complexity index is 1200. The Hall–Kier alpha value is -2.97. The number of benzene rings is 2. The van der Waals surface area contributed by atoms with Crippen molar-refractivity contribution in [3.63, 3.8) is 0 Å². The molecular formula is C21H22N2O5S. The van der Waals surface area contributed by atoms with Crippen LogP contribution in [-0.4, -0.2) is 20.4 Å². The fourth-order valence-electron chi connectivity index (χ4n) is 2.80. The van der Waals surface area contributed by atoms with E-state index in [0.29, 0.717) is 11.0 Å². The summed E-state index contributed by atoms with van der Waals surface area (Å²) in [4.78, 5) is 25.0. The van der Waals surface area contributed by atoms with Crippen molar-refractivity contribution in [3.8, 4) is 0 Å². The lowest BCUT2D eigenvalue weighted by Gasteiger charge is -2.21. The van der Waals surface area contributed by atoms with Gasteiger partial charge in [-0.25, -0.2) is 13.2 Å². The maximum atomic E-state index is 12.8. The summed E-state index contributed by atoms with van der Waals surface area (Å²) in [6.45, 7) is 5.28. The molecule has 7 nitrogen and oxygen atoms in total. The van der Waals surface area contributed by atoms with E-state index < -0.39 is 27.6 Å². The van der Waals surface area contributed by atoms with Crippen LogP contribution >= 0.6 is 0 Å². The number of carbonyl (C=O) groups excluding carboxylic acids is 1. The van der Waals surface area contributed by atoms with Crippen LogP contribution in [0.25, 0.3) is 11.0 Å². The topological polar surface area (TPSA) is 105 Å².